The summed E-state index contributed by atoms with van der Waals surface area (Å²) in [7, 11) is 0. The van der Waals surface area contributed by atoms with Crippen LogP contribution in [-0.4, -0.2) is 36.7 Å². The van der Waals surface area contributed by atoms with Crippen molar-refractivity contribution in [3.63, 3.8) is 0 Å². The molecule has 23 heavy (non-hydrogen) atoms. The zero-order valence-corrected chi connectivity index (χ0v) is 13.7. The largest absolute Gasteiger partial charge is 0.486 e. The molecule has 1 aromatic carbocycles. The number of hydrogen-bond donors (Lipinski definition) is 2. The Bertz CT molecular complexity index is 597. The molecule has 0 saturated carbocycles. The predicted octanol–water partition coefficient (Wildman–Crippen LogP) is 1.96. The molecule has 6 heteroatoms. The number of amides is 1. The van der Waals surface area contributed by atoms with Gasteiger partial charge in [0.1, 0.15) is 13.2 Å². The minimum absolute atomic E-state index is 0.0325. The number of rotatable bonds is 6. The first-order chi connectivity index (χ1) is 10.8. The van der Waals surface area contributed by atoms with Gasteiger partial charge in [-0.1, -0.05) is 13.0 Å². The summed E-state index contributed by atoms with van der Waals surface area (Å²) in [6.07, 6.45) is 0.0325. The van der Waals surface area contributed by atoms with E-state index in [9.17, 15) is 9.59 Å². The van der Waals surface area contributed by atoms with Crippen molar-refractivity contribution in [3.05, 3.63) is 23.8 Å². The van der Waals surface area contributed by atoms with Crippen LogP contribution < -0.4 is 14.8 Å². The first-order valence-electron chi connectivity index (χ1n) is 7.71. The Morgan fingerprint density at radius 2 is 1.91 bits per heavy atom. The number of carbonyl (C=O) groups excluding carboxylic acids is 1. The fraction of sp³-hybridized carbons (Fsp3) is 0.529. The van der Waals surface area contributed by atoms with Crippen LogP contribution in [0, 0.1) is 5.92 Å². The molecule has 1 aliphatic heterocycles. The van der Waals surface area contributed by atoms with Gasteiger partial charge in [-0.05, 0) is 37.5 Å². The SMILES string of the molecule is CC(CNC(=O)C(C)(C)c1ccc2c(c1)OCCO2)CC(=O)O. The van der Waals surface area contributed by atoms with E-state index in [0.29, 0.717) is 31.3 Å². The van der Waals surface area contributed by atoms with Crippen molar-refractivity contribution in [2.45, 2.75) is 32.6 Å². The summed E-state index contributed by atoms with van der Waals surface area (Å²) >= 11 is 0. The summed E-state index contributed by atoms with van der Waals surface area (Å²) in [5.41, 5.74) is 0.0730. The third kappa shape index (κ3) is 4.15. The van der Waals surface area contributed by atoms with Crippen molar-refractivity contribution in [1.29, 1.82) is 0 Å². The third-order valence-electron chi connectivity index (χ3n) is 3.97. The van der Waals surface area contributed by atoms with Crippen molar-refractivity contribution >= 4 is 11.9 Å². The van der Waals surface area contributed by atoms with Gasteiger partial charge in [0.15, 0.2) is 11.5 Å². The van der Waals surface area contributed by atoms with E-state index in [4.69, 9.17) is 14.6 Å². The van der Waals surface area contributed by atoms with E-state index >= 15 is 0 Å². The van der Waals surface area contributed by atoms with Gasteiger partial charge >= 0.3 is 5.97 Å². The lowest BCUT2D eigenvalue weighted by Gasteiger charge is -2.27. The van der Waals surface area contributed by atoms with Crippen molar-refractivity contribution in [1.82, 2.24) is 5.32 Å². The Hall–Kier alpha value is -2.24. The maximum atomic E-state index is 12.5. The number of ether oxygens (including phenoxy) is 2. The maximum absolute atomic E-state index is 12.5. The van der Waals surface area contributed by atoms with E-state index in [1.54, 1.807) is 6.92 Å². The van der Waals surface area contributed by atoms with Crippen LogP contribution in [0.2, 0.25) is 0 Å². The Kier molecular flexibility index (Phi) is 5.13. The molecule has 0 bridgehead atoms. The molecule has 1 atom stereocenters. The molecule has 1 unspecified atom stereocenters. The number of benzene rings is 1. The van der Waals surface area contributed by atoms with Crippen molar-refractivity contribution < 1.29 is 24.2 Å². The highest BCUT2D eigenvalue weighted by Crippen LogP contribution is 2.35. The average molecular weight is 321 g/mol. The highest BCUT2D eigenvalue weighted by molar-refractivity contribution is 5.87. The monoisotopic (exact) mass is 321 g/mol. The number of hydrogen-bond acceptors (Lipinski definition) is 4. The van der Waals surface area contributed by atoms with E-state index in [1.165, 1.54) is 0 Å². The van der Waals surface area contributed by atoms with Gasteiger partial charge in [-0.15, -0.1) is 0 Å². The summed E-state index contributed by atoms with van der Waals surface area (Å²) in [5.74, 6) is 0.205. The van der Waals surface area contributed by atoms with Crippen LogP contribution in [0.15, 0.2) is 18.2 Å². The Morgan fingerprint density at radius 3 is 2.57 bits per heavy atom. The molecule has 0 saturated heterocycles. The van der Waals surface area contributed by atoms with Crippen LogP contribution in [0.4, 0.5) is 0 Å². The molecule has 1 aromatic rings. The second-order valence-corrected chi connectivity index (χ2v) is 6.40. The lowest BCUT2D eigenvalue weighted by Crippen LogP contribution is -2.42. The summed E-state index contributed by atoms with van der Waals surface area (Å²) < 4.78 is 11.0. The van der Waals surface area contributed by atoms with E-state index in [0.717, 1.165) is 5.56 Å². The number of fused-ring (bicyclic) bond motifs is 1. The number of carboxylic acid groups (broad SMARTS) is 1. The van der Waals surface area contributed by atoms with Crippen molar-refractivity contribution in [3.8, 4) is 11.5 Å². The molecule has 0 radical (unpaired) electrons. The molecule has 1 amide bonds. The molecule has 2 N–H and O–H groups in total. The van der Waals surface area contributed by atoms with Gasteiger partial charge in [0.2, 0.25) is 5.91 Å². The first-order valence-corrected chi connectivity index (χ1v) is 7.71. The number of nitrogens with one attached hydrogen (secondary N) is 1. The Morgan fingerprint density at radius 1 is 1.26 bits per heavy atom. The van der Waals surface area contributed by atoms with Crippen molar-refractivity contribution in [2.75, 3.05) is 19.8 Å². The van der Waals surface area contributed by atoms with Gasteiger partial charge in [-0.25, -0.2) is 0 Å². The number of carboxylic acids is 1. The molecule has 2 rings (SSSR count). The molecular formula is C17H23NO5. The van der Waals surface area contributed by atoms with Crippen LogP contribution in [0.3, 0.4) is 0 Å². The quantitative estimate of drug-likeness (QED) is 0.836. The fourth-order valence-electron chi connectivity index (χ4n) is 2.42. The zero-order chi connectivity index (χ0) is 17.0. The summed E-state index contributed by atoms with van der Waals surface area (Å²) in [5, 5.41) is 11.6. The second kappa shape index (κ2) is 6.89. The van der Waals surface area contributed by atoms with Crippen LogP contribution >= 0.6 is 0 Å². The minimum atomic E-state index is -0.863. The number of carbonyl (C=O) groups is 2. The fourth-order valence-corrected chi connectivity index (χ4v) is 2.42. The highest BCUT2D eigenvalue weighted by Gasteiger charge is 2.31. The van der Waals surface area contributed by atoms with Gasteiger partial charge in [0.05, 0.1) is 5.41 Å². The molecule has 1 heterocycles. The summed E-state index contributed by atoms with van der Waals surface area (Å²) in [6.45, 7) is 6.81. The topological polar surface area (TPSA) is 84.9 Å². The first kappa shape index (κ1) is 17.1. The number of aliphatic carboxylic acids is 1. The van der Waals surface area contributed by atoms with Gasteiger partial charge < -0.3 is 19.9 Å². The zero-order valence-electron chi connectivity index (χ0n) is 13.7. The van der Waals surface area contributed by atoms with Gasteiger partial charge in [0.25, 0.3) is 0 Å². The molecule has 0 spiro atoms. The summed E-state index contributed by atoms with van der Waals surface area (Å²) in [6, 6.07) is 5.49. The van der Waals surface area contributed by atoms with Crippen LogP contribution in [0.5, 0.6) is 11.5 Å². The van der Waals surface area contributed by atoms with Gasteiger partial charge in [-0.2, -0.15) is 0 Å². The summed E-state index contributed by atoms with van der Waals surface area (Å²) in [4.78, 5) is 23.2. The van der Waals surface area contributed by atoms with E-state index in [2.05, 4.69) is 5.32 Å². The lowest BCUT2D eigenvalue weighted by atomic mass is 9.83. The standard InChI is InChI=1S/C17H23NO5/c1-11(8-15(19)20)10-18-16(21)17(2,3)12-4-5-13-14(9-12)23-7-6-22-13/h4-5,9,11H,6-8,10H2,1-3H3,(H,18,21)(H,19,20). The van der Waals surface area contributed by atoms with Gasteiger partial charge in [-0.3, -0.25) is 9.59 Å². The Labute approximate surface area is 135 Å². The van der Waals surface area contributed by atoms with Crippen molar-refractivity contribution in [2.24, 2.45) is 5.92 Å². The second-order valence-electron chi connectivity index (χ2n) is 6.40. The molecule has 0 aromatic heterocycles. The smallest absolute Gasteiger partial charge is 0.303 e. The molecule has 126 valence electrons. The highest BCUT2D eigenvalue weighted by atomic mass is 16.6. The molecule has 6 nitrogen and oxygen atoms in total. The van der Waals surface area contributed by atoms with E-state index in [1.807, 2.05) is 32.0 Å². The molecule has 0 aliphatic carbocycles. The Balaban J connectivity index is 2.05. The van der Waals surface area contributed by atoms with Crippen LogP contribution in [-0.2, 0) is 15.0 Å². The molecular weight excluding hydrogens is 298 g/mol. The molecule has 0 fully saturated rings. The normalized spacial score (nSPS) is 14.9. The van der Waals surface area contributed by atoms with Crippen LogP contribution in [0.25, 0.3) is 0 Å². The van der Waals surface area contributed by atoms with E-state index < -0.39 is 11.4 Å². The van der Waals surface area contributed by atoms with Gasteiger partial charge in [0, 0.05) is 13.0 Å². The lowest BCUT2D eigenvalue weighted by molar-refractivity contribution is -0.138. The minimum Gasteiger partial charge on any atom is -0.486 e. The third-order valence-corrected chi connectivity index (χ3v) is 3.97. The average Bonchev–Trinajstić information content (AvgIpc) is 2.51. The maximum Gasteiger partial charge on any atom is 0.303 e. The van der Waals surface area contributed by atoms with E-state index in [-0.39, 0.29) is 18.2 Å². The predicted molar refractivity (Wildman–Crippen MR) is 84.9 cm³/mol. The molecule has 1 aliphatic rings. The van der Waals surface area contributed by atoms with Crippen LogP contribution in [0.1, 0.15) is 32.8 Å².